The molecule has 3 aromatic rings. The first-order valence-electron chi connectivity index (χ1n) is 12.4. The second-order valence-corrected chi connectivity index (χ2v) is 12.1. The Balaban J connectivity index is 1.80. The zero-order valence-corrected chi connectivity index (χ0v) is 23.4. The molecule has 0 saturated carbocycles. The van der Waals surface area contributed by atoms with Gasteiger partial charge >= 0.3 is 5.97 Å². The lowest BCUT2D eigenvalue weighted by Gasteiger charge is -2.33. The van der Waals surface area contributed by atoms with Crippen molar-refractivity contribution in [3.8, 4) is 0 Å². The van der Waals surface area contributed by atoms with Crippen LogP contribution in [0.5, 0.6) is 0 Å². The molecule has 38 heavy (non-hydrogen) atoms. The summed E-state index contributed by atoms with van der Waals surface area (Å²) in [7, 11) is -4.28. The summed E-state index contributed by atoms with van der Waals surface area (Å²) in [4.78, 5) is 16.8. The smallest absolute Gasteiger partial charge is 0.354 e. The van der Waals surface area contributed by atoms with Crippen LogP contribution < -0.4 is 4.72 Å². The zero-order chi connectivity index (χ0) is 27.7. The van der Waals surface area contributed by atoms with Crippen LogP contribution in [0.3, 0.4) is 0 Å². The molecule has 9 nitrogen and oxygen atoms in total. The van der Waals surface area contributed by atoms with Gasteiger partial charge in [0.15, 0.2) is 9.90 Å². The highest BCUT2D eigenvalue weighted by Gasteiger charge is 2.48. The highest BCUT2D eigenvalue weighted by atomic mass is 35.5. The maximum atomic E-state index is 13.9. The van der Waals surface area contributed by atoms with Crippen LogP contribution in [0, 0.1) is 13.8 Å². The van der Waals surface area contributed by atoms with E-state index in [4.69, 9.17) is 16.1 Å². The minimum atomic E-state index is -4.28. The van der Waals surface area contributed by atoms with Gasteiger partial charge in [-0.2, -0.15) is 0 Å². The highest BCUT2D eigenvalue weighted by Crippen LogP contribution is 2.46. The highest BCUT2D eigenvalue weighted by molar-refractivity contribution is 7.95. The number of rotatable bonds is 10. The second-order valence-electron chi connectivity index (χ2n) is 9.32. The summed E-state index contributed by atoms with van der Waals surface area (Å²) >= 11 is 7.11. The first kappa shape index (κ1) is 27.7. The molecule has 1 aliphatic rings. The van der Waals surface area contributed by atoms with Crippen molar-refractivity contribution in [2.75, 3.05) is 4.72 Å². The van der Waals surface area contributed by atoms with Crippen molar-refractivity contribution < 1.29 is 22.8 Å². The molecule has 0 fully saturated rings. The molecule has 1 atom stereocenters. The molecule has 2 aromatic heterocycles. The molecular weight excluding hydrogens is 528 g/mol. The largest absolute Gasteiger partial charge is 0.477 e. The number of benzene rings is 1. The van der Waals surface area contributed by atoms with E-state index in [0.717, 1.165) is 6.42 Å². The molecule has 0 radical (unpaired) electrons. The normalized spacial score (nSPS) is 17.7. The predicted molar refractivity (Wildman–Crippen MR) is 147 cm³/mol. The molecule has 2 heterocycles. The van der Waals surface area contributed by atoms with Gasteiger partial charge in [-0.3, -0.25) is 0 Å². The molecule has 2 N–H and O–H groups in total. The van der Waals surface area contributed by atoms with Crippen molar-refractivity contribution >= 4 is 39.1 Å². The number of anilines is 1. The maximum Gasteiger partial charge on any atom is 0.354 e. The van der Waals surface area contributed by atoms with Gasteiger partial charge in [0.2, 0.25) is 5.88 Å². The number of hydrogen-bond acceptors (Lipinski definition) is 6. The zero-order valence-electron chi connectivity index (χ0n) is 21.8. The first-order valence-corrected chi connectivity index (χ1v) is 14.3. The third-order valence-electron chi connectivity index (χ3n) is 6.73. The molecule has 0 amide bonds. The molecule has 202 valence electrons. The number of carboxylic acid groups (broad SMARTS) is 1. The number of nitrogens with zero attached hydrogens (tertiary/aromatic N) is 3. The average molecular weight is 559 g/mol. The quantitative estimate of drug-likeness (QED) is 0.315. The number of alkyl halides is 1. The van der Waals surface area contributed by atoms with Crippen molar-refractivity contribution in [1.29, 1.82) is 0 Å². The minimum Gasteiger partial charge on any atom is -0.477 e. The molecule has 0 aliphatic heterocycles. The summed E-state index contributed by atoms with van der Waals surface area (Å²) in [5.41, 5.74) is 3.44. The lowest BCUT2D eigenvalue weighted by Crippen LogP contribution is -2.40. The van der Waals surface area contributed by atoms with E-state index in [9.17, 15) is 18.3 Å². The number of aryl methyl sites for hydroxylation is 3. The van der Waals surface area contributed by atoms with Gasteiger partial charge in [-0.25, -0.2) is 22.9 Å². The number of hydrogen-bond donors (Lipinski definition) is 2. The number of imidazole rings is 1. The SMILES string of the molecule is CCCc1nc(CC)c(C(=O)O)n1CC1=CC=C(c2ccccc2)C(Cl)(S(=O)(=O)Nc2onc(C)c2C)C1. The van der Waals surface area contributed by atoms with Crippen LogP contribution in [-0.2, 0) is 29.4 Å². The average Bonchev–Trinajstić information content (AvgIpc) is 3.39. The van der Waals surface area contributed by atoms with Gasteiger partial charge in [-0.1, -0.05) is 73.1 Å². The Morgan fingerprint density at radius 3 is 2.50 bits per heavy atom. The molecule has 1 unspecified atom stereocenters. The minimum absolute atomic E-state index is 0.00614. The summed E-state index contributed by atoms with van der Waals surface area (Å²) in [6.07, 6.45) is 5.27. The van der Waals surface area contributed by atoms with Crippen molar-refractivity contribution in [2.45, 2.75) is 64.1 Å². The van der Waals surface area contributed by atoms with Gasteiger partial charge in [0.1, 0.15) is 5.82 Å². The molecule has 0 saturated heterocycles. The Kier molecular flexibility index (Phi) is 7.85. The van der Waals surface area contributed by atoms with E-state index in [1.54, 1.807) is 36.6 Å². The topological polar surface area (TPSA) is 127 Å². The van der Waals surface area contributed by atoms with Gasteiger partial charge in [0.05, 0.1) is 11.4 Å². The fourth-order valence-electron chi connectivity index (χ4n) is 4.59. The third-order valence-corrected chi connectivity index (χ3v) is 9.35. The number of aromatic carboxylic acids is 1. The lowest BCUT2D eigenvalue weighted by atomic mass is 9.92. The summed E-state index contributed by atoms with van der Waals surface area (Å²) in [5, 5.41) is 13.8. The maximum absolute atomic E-state index is 13.9. The van der Waals surface area contributed by atoms with Gasteiger partial charge in [-0.05, 0) is 43.4 Å². The number of halogens is 1. The van der Waals surface area contributed by atoms with Crippen LogP contribution in [0.1, 0.15) is 65.5 Å². The second kappa shape index (κ2) is 10.8. The van der Waals surface area contributed by atoms with Crippen LogP contribution in [0.4, 0.5) is 5.88 Å². The fraction of sp³-hybridized carbons (Fsp3) is 0.370. The van der Waals surface area contributed by atoms with E-state index in [1.165, 1.54) is 0 Å². The van der Waals surface area contributed by atoms with E-state index in [1.807, 2.05) is 38.1 Å². The van der Waals surface area contributed by atoms with E-state index >= 15 is 0 Å². The molecule has 11 heteroatoms. The van der Waals surface area contributed by atoms with Gasteiger partial charge in [-0.15, -0.1) is 0 Å². The Morgan fingerprint density at radius 2 is 1.92 bits per heavy atom. The standard InChI is InChI=1S/C27H31ClN4O5S/c1-5-10-23-29-22(6-2)24(26(33)34)32(23)16-19-13-14-21(20-11-8-7-9-12-20)27(28,15-19)38(35,36)31-25-17(3)18(4)30-37-25/h7-9,11-14,31H,5-6,10,15-16H2,1-4H3,(H,33,34). The van der Waals surface area contributed by atoms with Crippen molar-refractivity contribution in [3.05, 3.63) is 82.1 Å². The van der Waals surface area contributed by atoms with Crippen molar-refractivity contribution in [1.82, 2.24) is 14.7 Å². The number of aromatic nitrogens is 3. The van der Waals surface area contributed by atoms with Crippen LogP contribution in [-0.4, -0.2) is 38.4 Å². The van der Waals surface area contributed by atoms with E-state index in [2.05, 4.69) is 14.9 Å². The van der Waals surface area contributed by atoms with Gasteiger partial charge in [0, 0.05) is 24.9 Å². The molecule has 1 aromatic carbocycles. The summed E-state index contributed by atoms with van der Waals surface area (Å²) in [6.45, 7) is 7.42. The van der Waals surface area contributed by atoms with Crippen LogP contribution >= 0.6 is 11.6 Å². The number of nitrogens with one attached hydrogen (secondary N) is 1. The number of carbonyl (C=O) groups is 1. The lowest BCUT2D eigenvalue weighted by molar-refractivity contribution is 0.0683. The first-order chi connectivity index (χ1) is 18.0. The Labute approximate surface area is 227 Å². The van der Waals surface area contributed by atoms with Crippen LogP contribution in [0.2, 0.25) is 0 Å². The molecule has 0 bridgehead atoms. The van der Waals surface area contributed by atoms with E-state index in [-0.39, 0.29) is 24.5 Å². The molecule has 4 rings (SSSR count). The van der Waals surface area contributed by atoms with Gasteiger partial charge in [0.25, 0.3) is 10.0 Å². The summed E-state index contributed by atoms with van der Waals surface area (Å²) < 4.78 is 35.3. The summed E-state index contributed by atoms with van der Waals surface area (Å²) in [5.74, 6) is -0.419. The Hall–Kier alpha value is -3.37. The number of carboxylic acids is 1. The van der Waals surface area contributed by atoms with Crippen molar-refractivity contribution in [3.63, 3.8) is 0 Å². The van der Waals surface area contributed by atoms with E-state index in [0.29, 0.717) is 52.3 Å². The fourth-order valence-corrected chi connectivity index (χ4v) is 6.50. The number of allylic oxidation sites excluding steroid dienone is 3. The van der Waals surface area contributed by atoms with Crippen molar-refractivity contribution in [2.24, 2.45) is 0 Å². The molecular formula is C27H31ClN4O5S. The Morgan fingerprint density at radius 1 is 1.21 bits per heavy atom. The van der Waals surface area contributed by atoms with Crippen LogP contribution in [0.15, 0.2) is 52.6 Å². The predicted octanol–water partition coefficient (Wildman–Crippen LogP) is 5.49. The monoisotopic (exact) mass is 558 g/mol. The third kappa shape index (κ3) is 5.02. The number of sulfonamides is 1. The summed E-state index contributed by atoms with van der Waals surface area (Å²) in [6, 6.07) is 9.05. The van der Waals surface area contributed by atoms with Gasteiger partial charge < -0.3 is 14.2 Å². The van der Waals surface area contributed by atoms with E-state index < -0.39 is 20.2 Å². The molecule has 1 aliphatic carbocycles. The molecule has 0 spiro atoms. The van der Waals surface area contributed by atoms with Crippen LogP contribution in [0.25, 0.3) is 5.57 Å². The Bertz CT molecular complexity index is 1520.